The van der Waals surface area contributed by atoms with E-state index in [1.165, 1.54) is 5.69 Å². The maximum Gasteiger partial charge on any atom is 0.329 e. The van der Waals surface area contributed by atoms with Gasteiger partial charge in [0.2, 0.25) is 0 Å². The Morgan fingerprint density at radius 2 is 2.40 bits per heavy atom. The molecule has 0 unspecified atom stereocenters. The average Bonchev–Trinajstić information content (AvgIpc) is 3.03. The number of amides is 2. The van der Waals surface area contributed by atoms with Crippen LogP contribution in [-0.4, -0.2) is 37.2 Å². The molecule has 0 aliphatic carbocycles. The van der Waals surface area contributed by atoms with Gasteiger partial charge in [0.25, 0.3) is 0 Å². The van der Waals surface area contributed by atoms with Gasteiger partial charge in [0, 0.05) is 25.2 Å². The zero-order chi connectivity index (χ0) is 14.1. The topological polar surface area (TPSA) is 89.1 Å². The number of imidazole rings is 1. The molecule has 0 saturated heterocycles. The van der Waals surface area contributed by atoms with Crippen molar-refractivity contribution < 1.29 is 9.32 Å². The Hall–Kier alpha value is -2.38. The number of hydrogen-bond acceptors (Lipinski definition) is 5. The molecule has 1 N–H and O–H groups in total. The molecular formula is C12H16N6O2. The van der Waals surface area contributed by atoms with E-state index >= 15 is 0 Å². The maximum atomic E-state index is 12.1. The molecule has 0 atom stereocenters. The van der Waals surface area contributed by atoms with Crippen LogP contribution in [-0.2, 0) is 19.5 Å². The minimum Gasteiger partial charge on any atom is -0.334 e. The summed E-state index contributed by atoms with van der Waals surface area (Å²) >= 11 is 0. The van der Waals surface area contributed by atoms with Crippen molar-refractivity contribution in [3.63, 3.8) is 0 Å². The van der Waals surface area contributed by atoms with Gasteiger partial charge < -0.3 is 14.0 Å². The normalized spacial score (nSPS) is 14.2. The summed E-state index contributed by atoms with van der Waals surface area (Å²) in [4.78, 5) is 22.1. The number of rotatable bonds is 2. The number of carbonyl (C=O) groups excluding carboxylic acids is 1. The molecule has 0 radical (unpaired) electrons. The van der Waals surface area contributed by atoms with Gasteiger partial charge in [0.1, 0.15) is 0 Å². The summed E-state index contributed by atoms with van der Waals surface area (Å²) < 4.78 is 6.99. The molecule has 106 valence electrons. The lowest BCUT2D eigenvalue weighted by Crippen LogP contribution is -2.39. The molecule has 20 heavy (non-hydrogen) atoms. The minimum absolute atomic E-state index is 0.123. The first-order valence-electron chi connectivity index (χ1n) is 6.56. The molecule has 8 heteroatoms. The molecule has 8 nitrogen and oxygen atoms in total. The van der Waals surface area contributed by atoms with Crippen LogP contribution in [0.1, 0.15) is 24.1 Å². The van der Waals surface area contributed by atoms with E-state index in [1.54, 1.807) is 11.8 Å². The number of aryl methyl sites for hydroxylation is 2. The van der Waals surface area contributed by atoms with Crippen LogP contribution in [0.3, 0.4) is 0 Å². The molecular weight excluding hydrogens is 260 g/mol. The Bertz CT molecular complexity index is 632. The molecule has 3 heterocycles. The van der Waals surface area contributed by atoms with Crippen molar-refractivity contribution in [3.05, 3.63) is 23.5 Å². The van der Waals surface area contributed by atoms with E-state index in [4.69, 9.17) is 4.52 Å². The number of aromatic nitrogens is 4. The van der Waals surface area contributed by atoms with E-state index in [1.807, 2.05) is 6.33 Å². The first-order chi connectivity index (χ1) is 9.67. The van der Waals surface area contributed by atoms with Gasteiger partial charge in [-0.3, -0.25) is 5.32 Å². The van der Waals surface area contributed by atoms with E-state index < -0.39 is 0 Å². The molecule has 0 aromatic carbocycles. The maximum absolute atomic E-state index is 12.1. The highest BCUT2D eigenvalue weighted by molar-refractivity contribution is 5.87. The van der Waals surface area contributed by atoms with Gasteiger partial charge in [0.15, 0.2) is 5.82 Å². The van der Waals surface area contributed by atoms with Crippen LogP contribution in [0.2, 0.25) is 0 Å². The number of nitrogens with zero attached hydrogens (tertiary/aromatic N) is 5. The third-order valence-electron chi connectivity index (χ3n) is 3.36. The second-order valence-electron chi connectivity index (χ2n) is 4.67. The quantitative estimate of drug-likeness (QED) is 0.889. The summed E-state index contributed by atoms with van der Waals surface area (Å²) in [5.41, 5.74) is 2.17. The van der Waals surface area contributed by atoms with Crippen LogP contribution < -0.4 is 5.32 Å². The molecule has 1 aliphatic heterocycles. The second-order valence-corrected chi connectivity index (χ2v) is 4.67. The number of hydrogen-bond donors (Lipinski definition) is 1. The van der Waals surface area contributed by atoms with Crippen molar-refractivity contribution >= 4 is 12.0 Å². The van der Waals surface area contributed by atoms with Crippen molar-refractivity contribution in [2.45, 2.75) is 33.4 Å². The summed E-state index contributed by atoms with van der Waals surface area (Å²) in [6.07, 6.45) is 2.63. The van der Waals surface area contributed by atoms with Crippen LogP contribution >= 0.6 is 0 Å². The minimum atomic E-state index is -0.245. The lowest BCUT2D eigenvalue weighted by Gasteiger charge is -2.26. The SMILES string of the molecule is CCn1cnc2c1CCN(C(=O)Nc1nc(C)no1)C2. The third-order valence-corrected chi connectivity index (χ3v) is 3.36. The molecule has 2 aromatic heterocycles. The second kappa shape index (κ2) is 4.95. The zero-order valence-electron chi connectivity index (χ0n) is 11.5. The summed E-state index contributed by atoms with van der Waals surface area (Å²) in [5, 5.41) is 6.23. The fourth-order valence-electron chi connectivity index (χ4n) is 2.33. The largest absolute Gasteiger partial charge is 0.334 e. The Kier molecular flexibility index (Phi) is 3.13. The zero-order valence-corrected chi connectivity index (χ0v) is 11.5. The Morgan fingerprint density at radius 3 is 3.10 bits per heavy atom. The predicted molar refractivity (Wildman–Crippen MR) is 70.1 cm³/mol. The van der Waals surface area contributed by atoms with Gasteiger partial charge in [-0.2, -0.15) is 4.98 Å². The number of anilines is 1. The monoisotopic (exact) mass is 276 g/mol. The fourth-order valence-corrected chi connectivity index (χ4v) is 2.33. The van der Waals surface area contributed by atoms with Gasteiger partial charge in [-0.05, 0) is 13.8 Å². The van der Waals surface area contributed by atoms with Gasteiger partial charge in [-0.25, -0.2) is 9.78 Å². The molecule has 1 aliphatic rings. The predicted octanol–water partition coefficient (Wildman–Crippen LogP) is 1.18. The highest BCUT2D eigenvalue weighted by Crippen LogP contribution is 2.18. The van der Waals surface area contributed by atoms with E-state index in [2.05, 4.69) is 31.9 Å². The first-order valence-corrected chi connectivity index (χ1v) is 6.56. The molecule has 2 amide bonds. The van der Waals surface area contributed by atoms with E-state index in [-0.39, 0.29) is 12.0 Å². The van der Waals surface area contributed by atoms with Crippen LogP contribution in [0.25, 0.3) is 0 Å². The van der Waals surface area contributed by atoms with E-state index in [0.717, 1.165) is 18.7 Å². The van der Waals surface area contributed by atoms with Crippen LogP contribution in [0.15, 0.2) is 10.9 Å². The van der Waals surface area contributed by atoms with Crippen molar-refractivity contribution in [1.82, 2.24) is 24.6 Å². The standard InChI is InChI=1S/C12H16N6O2/c1-3-17-7-13-9-6-18(5-4-10(9)17)12(19)15-11-14-8(2)16-20-11/h7H,3-6H2,1-2H3,(H,14,15,16,19). The van der Waals surface area contributed by atoms with Gasteiger partial charge in [-0.15, -0.1) is 0 Å². The van der Waals surface area contributed by atoms with E-state index in [9.17, 15) is 4.79 Å². The molecule has 0 bridgehead atoms. The van der Waals surface area contributed by atoms with Crippen LogP contribution in [0.4, 0.5) is 10.8 Å². The van der Waals surface area contributed by atoms with Crippen LogP contribution in [0.5, 0.6) is 0 Å². The number of fused-ring (bicyclic) bond motifs is 1. The van der Waals surface area contributed by atoms with Gasteiger partial charge in [0.05, 0.1) is 18.6 Å². The smallest absolute Gasteiger partial charge is 0.329 e. The van der Waals surface area contributed by atoms with Crippen molar-refractivity contribution in [3.8, 4) is 0 Å². The summed E-state index contributed by atoms with van der Waals surface area (Å²) in [7, 11) is 0. The molecule has 0 spiro atoms. The lowest BCUT2D eigenvalue weighted by molar-refractivity contribution is 0.204. The number of nitrogens with one attached hydrogen (secondary N) is 1. The van der Waals surface area contributed by atoms with Crippen LogP contribution in [0, 0.1) is 6.92 Å². The fraction of sp³-hybridized carbons (Fsp3) is 0.500. The van der Waals surface area contributed by atoms with Gasteiger partial charge in [-0.1, -0.05) is 5.16 Å². The van der Waals surface area contributed by atoms with Crippen molar-refractivity contribution in [2.75, 3.05) is 11.9 Å². The highest BCUT2D eigenvalue weighted by Gasteiger charge is 2.24. The van der Waals surface area contributed by atoms with E-state index in [0.29, 0.717) is 18.9 Å². The Labute approximate surface area is 115 Å². The molecule has 3 rings (SSSR count). The third kappa shape index (κ3) is 2.24. The average molecular weight is 276 g/mol. The van der Waals surface area contributed by atoms with Crippen molar-refractivity contribution in [2.24, 2.45) is 0 Å². The molecule has 0 fully saturated rings. The lowest BCUT2D eigenvalue weighted by atomic mass is 10.1. The number of carbonyl (C=O) groups is 1. The Balaban J connectivity index is 1.69. The molecule has 2 aromatic rings. The molecule has 0 saturated carbocycles. The highest BCUT2D eigenvalue weighted by atomic mass is 16.5. The van der Waals surface area contributed by atoms with Gasteiger partial charge >= 0.3 is 12.0 Å². The summed E-state index contributed by atoms with van der Waals surface area (Å²) in [6.45, 7) is 5.83. The Morgan fingerprint density at radius 1 is 1.55 bits per heavy atom. The first kappa shape index (κ1) is 12.6. The van der Waals surface area contributed by atoms with Crippen molar-refractivity contribution in [1.29, 1.82) is 0 Å². The summed E-state index contributed by atoms with van der Waals surface area (Å²) in [5.74, 6) is 0.489. The summed E-state index contributed by atoms with van der Waals surface area (Å²) in [6, 6.07) is -0.122. The number of urea groups is 1.